The van der Waals surface area contributed by atoms with E-state index in [2.05, 4.69) is 5.10 Å². The summed E-state index contributed by atoms with van der Waals surface area (Å²) in [5, 5.41) is 14.2. The van der Waals surface area contributed by atoms with Crippen molar-refractivity contribution in [2.45, 2.75) is 40.2 Å². The second-order valence-corrected chi connectivity index (χ2v) is 7.59. The zero-order valence-electron chi connectivity index (χ0n) is 16.2. The van der Waals surface area contributed by atoms with Gasteiger partial charge in [0, 0.05) is 13.1 Å². The summed E-state index contributed by atoms with van der Waals surface area (Å²) in [6.07, 6.45) is 2.81. The van der Waals surface area contributed by atoms with Gasteiger partial charge in [0.1, 0.15) is 0 Å². The average molecular weight is 369 g/mol. The molecule has 1 N–H and O–H groups in total. The second-order valence-electron chi connectivity index (χ2n) is 7.59. The van der Waals surface area contributed by atoms with Crippen molar-refractivity contribution in [3.8, 4) is 0 Å². The van der Waals surface area contributed by atoms with Crippen LogP contribution in [0.3, 0.4) is 0 Å². The Labute approximate surface area is 159 Å². The number of nitrogens with zero attached hydrogens (tertiary/aromatic N) is 3. The van der Waals surface area contributed by atoms with Gasteiger partial charge in [0.2, 0.25) is 0 Å². The van der Waals surface area contributed by atoms with Crippen LogP contribution >= 0.6 is 0 Å². The molecular formula is C21H27N3O3. The molecule has 1 aromatic heterocycles. The fraction of sp³-hybridized carbons (Fsp3) is 0.476. The Kier molecular flexibility index (Phi) is 5.35. The third kappa shape index (κ3) is 3.48. The number of hydrogen-bond donors (Lipinski definition) is 1. The Morgan fingerprint density at radius 1 is 1.26 bits per heavy atom. The van der Waals surface area contributed by atoms with Gasteiger partial charge in [-0.3, -0.25) is 14.3 Å². The minimum Gasteiger partial charge on any atom is -0.481 e. The molecule has 1 aliphatic heterocycles. The van der Waals surface area contributed by atoms with E-state index < -0.39 is 11.4 Å². The summed E-state index contributed by atoms with van der Waals surface area (Å²) in [5.41, 5.74) is 1.74. The van der Waals surface area contributed by atoms with Gasteiger partial charge in [0.05, 0.1) is 29.4 Å². The van der Waals surface area contributed by atoms with Crippen molar-refractivity contribution in [1.82, 2.24) is 14.7 Å². The topological polar surface area (TPSA) is 75.4 Å². The summed E-state index contributed by atoms with van der Waals surface area (Å²) in [5.74, 6) is -0.961. The molecule has 0 bridgehead atoms. The van der Waals surface area contributed by atoms with Gasteiger partial charge in [0.25, 0.3) is 5.91 Å². The average Bonchev–Trinajstić information content (AvgIpc) is 3.27. The van der Waals surface area contributed by atoms with Crippen molar-refractivity contribution in [2.75, 3.05) is 13.1 Å². The first kappa shape index (κ1) is 19.1. The summed E-state index contributed by atoms with van der Waals surface area (Å²) in [4.78, 5) is 26.6. The summed E-state index contributed by atoms with van der Waals surface area (Å²) >= 11 is 0. The first-order chi connectivity index (χ1) is 12.9. The molecule has 0 spiro atoms. The van der Waals surface area contributed by atoms with Crippen LogP contribution in [-0.4, -0.2) is 44.8 Å². The van der Waals surface area contributed by atoms with Crippen LogP contribution in [0.4, 0.5) is 0 Å². The van der Waals surface area contributed by atoms with Crippen molar-refractivity contribution < 1.29 is 14.7 Å². The van der Waals surface area contributed by atoms with E-state index in [0.717, 1.165) is 11.3 Å². The molecule has 1 saturated heterocycles. The van der Waals surface area contributed by atoms with E-state index in [9.17, 15) is 14.7 Å². The molecule has 1 aromatic carbocycles. The van der Waals surface area contributed by atoms with Crippen LogP contribution in [0, 0.1) is 11.3 Å². The maximum atomic E-state index is 13.1. The number of aliphatic carboxylic acids is 1. The Bertz CT molecular complexity index is 828. The molecule has 2 aromatic rings. The smallest absolute Gasteiger partial charge is 0.311 e. The van der Waals surface area contributed by atoms with Crippen LogP contribution < -0.4 is 0 Å². The molecule has 3 rings (SSSR count). The van der Waals surface area contributed by atoms with E-state index in [1.807, 2.05) is 55.8 Å². The third-order valence-electron chi connectivity index (χ3n) is 5.81. The van der Waals surface area contributed by atoms with E-state index in [1.54, 1.807) is 11.1 Å². The number of carboxylic acids is 1. The van der Waals surface area contributed by atoms with Gasteiger partial charge in [-0.05, 0) is 24.3 Å². The first-order valence-corrected chi connectivity index (χ1v) is 9.50. The van der Waals surface area contributed by atoms with Gasteiger partial charge in [-0.1, -0.05) is 51.1 Å². The zero-order chi connectivity index (χ0) is 19.6. The molecule has 1 fully saturated rings. The SMILES string of the molecule is CCc1c(C(=O)N2CCC(C(=O)O)(C(C)C)C2)cnn1Cc1ccccc1. The van der Waals surface area contributed by atoms with Gasteiger partial charge >= 0.3 is 5.97 Å². The van der Waals surface area contributed by atoms with Crippen LogP contribution in [0.15, 0.2) is 36.5 Å². The van der Waals surface area contributed by atoms with Gasteiger partial charge < -0.3 is 10.0 Å². The maximum absolute atomic E-state index is 13.1. The molecule has 2 heterocycles. The minimum absolute atomic E-state index is 0.0285. The number of carbonyl (C=O) groups excluding carboxylic acids is 1. The highest BCUT2D eigenvalue weighted by atomic mass is 16.4. The minimum atomic E-state index is -0.859. The summed E-state index contributed by atoms with van der Waals surface area (Å²) in [7, 11) is 0. The van der Waals surface area contributed by atoms with Crippen molar-refractivity contribution in [3.63, 3.8) is 0 Å². The highest BCUT2D eigenvalue weighted by Crippen LogP contribution is 2.38. The molecule has 1 atom stereocenters. The van der Waals surface area contributed by atoms with Crippen LogP contribution in [0.2, 0.25) is 0 Å². The lowest BCUT2D eigenvalue weighted by atomic mass is 9.76. The maximum Gasteiger partial charge on any atom is 0.311 e. The lowest BCUT2D eigenvalue weighted by Crippen LogP contribution is -2.40. The molecule has 0 saturated carbocycles. The number of benzene rings is 1. The second kappa shape index (κ2) is 7.55. The van der Waals surface area contributed by atoms with Crippen molar-refractivity contribution >= 4 is 11.9 Å². The molecule has 0 aliphatic carbocycles. The molecule has 0 radical (unpaired) electrons. The number of carbonyl (C=O) groups is 2. The number of rotatable bonds is 6. The van der Waals surface area contributed by atoms with Crippen LogP contribution in [0.1, 0.15) is 48.8 Å². The molecule has 1 amide bonds. The first-order valence-electron chi connectivity index (χ1n) is 9.50. The largest absolute Gasteiger partial charge is 0.481 e. The Morgan fingerprint density at radius 3 is 2.52 bits per heavy atom. The number of likely N-dealkylation sites (tertiary alicyclic amines) is 1. The van der Waals surface area contributed by atoms with E-state index >= 15 is 0 Å². The molecule has 1 unspecified atom stereocenters. The molecule has 144 valence electrons. The van der Waals surface area contributed by atoms with Crippen LogP contribution in [0.5, 0.6) is 0 Å². The summed E-state index contributed by atoms with van der Waals surface area (Å²) < 4.78 is 1.87. The lowest BCUT2D eigenvalue weighted by Gasteiger charge is -2.28. The predicted molar refractivity (Wildman–Crippen MR) is 103 cm³/mol. The number of hydrogen-bond acceptors (Lipinski definition) is 3. The molecule has 27 heavy (non-hydrogen) atoms. The molecule has 1 aliphatic rings. The monoisotopic (exact) mass is 369 g/mol. The molecule has 6 nitrogen and oxygen atoms in total. The van der Waals surface area contributed by atoms with Gasteiger partial charge in [-0.15, -0.1) is 0 Å². The van der Waals surface area contributed by atoms with Gasteiger partial charge in [0.15, 0.2) is 0 Å². The predicted octanol–water partition coefficient (Wildman–Crippen LogP) is 3.07. The van der Waals surface area contributed by atoms with Gasteiger partial charge in [-0.25, -0.2) is 0 Å². The van der Waals surface area contributed by atoms with Crippen LogP contribution in [-0.2, 0) is 17.8 Å². The zero-order valence-corrected chi connectivity index (χ0v) is 16.2. The Morgan fingerprint density at radius 2 is 1.96 bits per heavy atom. The quantitative estimate of drug-likeness (QED) is 0.849. The van der Waals surface area contributed by atoms with Crippen molar-refractivity contribution in [3.05, 3.63) is 53.3 Å². The van der Waals surface area contributed by atoms with E-state index in [1.165, 1.54) is 0 Å². The summed E-state index contributed by atoms with van der Waals surface area (Å²) in [6.45, 7) is 7.17. The lowest BCUT2D eigenvalue weighted by molar-refractivity contribution is -0.150. The van der Waals surface area contributed by atoms with Crippen molar-refractivity contribution in [2.24, 2.45) is 11.3 Å². The normalized spacial score (nSPS) is 19.6. The third-order valence-corrected chi connectivity index (χ3v) is 5.81. The Hall–Kier alpha value is -2.63. The molecule has 6 heteroatoms. The highest BCUT2D eigenvalue weighted by Gasteiger charge is 2.48. The Balaban J connectivity index is 1.83. The van der Waals surface area contributed by atoms with Crippen molar-refractivity contribution in [1.29, 1.82) is 0 Å². The fourth-order valence-electron chi connectivity index (χ4n) is 3.92. The number of carboxylic acid groups (broad SMARTS) is 1. The standard InChI is InChI=1S/C21H27N3O3/c1-4-18-17(12-22-24(18)13-16-8-6-5-7-9-16)19(25)23-11-10-21(14-23,15(2)3)20(26)27/h5-9,12,15H,4,10-11,13-14H2,1-3H3,(H,26,27). The highest BCUT2D eigenvalue weighted by molar-refractivity contribution is 5.96. The number of aromatic nitrogens is 2. The van der Waals surface area contributed by atoms with E-state index in [-0.39, 0.29) is 18.4 Å². The van der Waals surface area contributed by atoms with Crippen LogP contribution in [0.25, 0.3) is 0 Å². The van der Waals surface area contributed by atoms with Gasteiger partial charge in [-0.2, -0.15) is 5.10 Å². The molecular weight excluding hydrogens is 342 g/mol. The fourth-order valence-corrected chi connectivity index (χ4v) is 3.92. The summed E-state index contributed by atoms with van der Waals surface area (Å²) in [6, 6.07) is 10.0. The number of amides is 1. The van der Waals surface area contributed by atoms with E-state index in [0.29, 0.717) is 31.5 Å². The van der Waals surface area contributed by atoms with E-state index in [4.69, 9.17) is 0 Å².